The van der Waals surface area contributed by atoms with Crippen LogP contribution in [0.2, 0.25) is 0 Å². The van der Waals surface area contributed by atoms with Crippen LogP contribution in [0.4, 0.5) is 34.5 Å². The molecular weight excluding hydrogens is 1610 g/mol. The van der Waals surface area contributed by atoms with Crippen LogP contribution in [0.1, 0.15) is 65.9 Å². The van der Waals surface area contributed by atoms with Gasteiger partial charge in [0.1, 0.15) is 55.4 Å². The van der Waals surface area contributed by atoms with Crippen molar-refractivity contribution in [2.45, 2.75) is 113 Å². The zero-order chi connectivity index (χ0) is 88.7. The van der Waals surface area contributed by atoms with Crippen molar-refractivity contribution in [3.05, 3.63) is 233 Å². The zero-order valence-corrected chi connectivity index (χ0v) is 74.2. The second-order valence-electron chi connectivity index (χ2n) is 34.5. The van der Waals surface area contributed by atoms with Gasteiger partial charge in [-0.1, -0.05) is 129 Å². The van der Waals surface area contributed by atoms with Crippen LogP contribution in [0.15, 0.2) is 165 Å². The molecule has 0 saturated carbocycles. The highest BCUT2D eigenvalue weighted by Crippen LogP contribution is 2.41. The molecule has 9 aliphatic heterocycles. The number of ether oxygens (including phenoxy) is 5. The molecule has 0 aliphatic carbocycles. The Hall–Kier alpha value is -12.6. The number of hydrogen-bond acceptors (Lipinski definition) is 23. The largest absolute Gasteiger partial charge is 0.462 e. The molecule has 18 rings (SSSR count). The fourth-order valence-electron chi connectivity index (χ4n) is 20.0. The molecule has 0 spiro atoms. The molecule has 6 saturated heterocycles. The molecule has 3 aromatic heterocycles. The minimum atomic E-state index is -0.236. The maximum absolute atomic E-state index is 12.6. The van der Waals surface area contributed by atoms with E-state index in [1.807, 2.05) is 0 Å². The number of piperazine rings is 3. The fourth-order valence-corrected chi connectivity index (χ4v) is 20.0. The number of carbonyl (C=O) groups is 3. The highest BCUT2D eigenvalue weighted by molar-refractivity contribution is 5.97. The molecule has 29 heteroatoms. The molecule has 9 aromatic rings. The van der Waals surface area contributed by atoms with Gasteiger partial charge < -0.3 is 87.2 Å². The van der Waals surface area contributed by atoms with Crippen molar-refractivity contribution in [2.24, 2.45) is 0 Å². The van der Waals surface area contributed by atoms with E-state index in [0.717, 1.165) is 142 Å². The monoisotopic (exact) mass is 1730 g/mol. The number of aromatic nitrogens is 6. The number of methoxy groups -OCH3 is 2. The summed E-state index contributed by atoms with van der Waals surface area (Å²) < 4.78 is 29.9. The van der Waals surface area contributed by atoms with Crippen LogP contribution in [0, 0.1) is 19.7 Å². The summed E-state index contributed by atoms with van der Waals surface area (Å²) in [6.45, 7) is 49.9. The topological polar surface area (TPSA) is 227 Å². The fraction of sp³-hybridized carbons (Fsp3) is 0.455. The smallest absolute Gasteiger partial charge is 0.318 e. The summed E-state index contributed by atoms with van der Waals surface area (Å²) in [7, 11) is 7.73. The number of anilines is 6. The summed E-state index contributed by atoms with van der Waals surface area (Å²) in [5.41, 5.74) is 9.89. The molecule has 0 bridgehead atoms. The highest BCUT2D eigenvalue weighted by Gasteiger charge is 2.41. The van der Waals surface area contributed by atoms with E-state index in [2.05, 4.69) is 220 Å². The Morgan fingerprint density at radius 3 is 1.14 bits per heavy atom. The van der Waals surface area contributed by atoms with Crippen molar-refractivity contribution >= 4 is 84.6 Å². The predicted octanol–water partition coefficient (Wildman–Crippen LogP) is 11.0. The maximum Gasteiger partial charge on any atom is 0.318 e. The lowest BCUT2D eigenvalue weighted by molar-refractivity contribution is -0.129. The normalized spacial score (nSPS) is 21.3. The van der Waals surface area contributed by atoms with Gasteiger partial charge in [0, 0.05) is 174 Å². The lowest BCUT2D eigenvalue weighted by Gasteiger charge is -2.41. The van der Waals surface area contributed by atoms with Gasteiger partial charge in [-0.25, -0.2) is 19.7 Å². The summed E-state index contributed by atoms with van der Waals surface area (Å²) in [4.78, 5) is 105. The first-order valence-electron chi connectivity index (χ1n) is 45.1. The Morgan fingerprint density at radius 1 is 0.414 bits per heavy atom. The molecule has 6 fully saturated rings. The van der Waals surface area contributed by atoms with Gasteiger partial charge in [-0.05, 0) is 131 Å². The van der Waals surface area contributed by atoms with Gasteiger partial charge in [0.05, 0.1) is 49.4 Å². The number of amides is 3. The summed E-state index contributed by atoms with van der Waals surface area (Å²) in [5.74, 6) is 2.20. The molecule has 6 aromatic carbocycles. The maximum atomic E-state index is 12.6. The third kappa shape index (κ3) is 19.9. The van der Waals surface area contributed by atoms with E-state index in [1.54, 1.807) is 28.9 Å². The second kappa shape index (κ2) is 41.5. The van der Waals surface area contributed by atoms with E-state index in [0.29, 0.717) is 135 Å². The molecule has 9 aliphatic rings. The molecule has 1 unspecified atom stereocenters. The zero-order valence-electron chi connectivity index (χ0n) is 74.2. The van der Waals surface area contributed by atoms with Gasteiger partial charge >= 0.3 is 18.0 Å². The van der Waals surface area contributed by atoms with Gasteiger partial charge in [0.2, 0.25) is 37.4 Å². The Labute approximate surface area is 751 Å². The Kier molecular flexibility index (Phi) is 28.8. The molecular formula is C99H117N21O8. The first kappa shape index (κ1) is 88.9. The molecule has 3 amide bonds. The van der Waals surface area contributed by atoms with Gasteiger partial charge in [0.25, 0.3) is 0 Å². The summed E-state index contributed by atoms with van der Waals surface area (Å²) in [6.07, 6.45) is 12.0. The molecule has 7 atom stereocenters. The van der Waals surface area contributed by atoms with E-state index in [9.17, 15) is 14.4 Å². The lowest BCUT2D eigenvalue weighted by atomic mass is 10.0. The quantitative estimate of drug-likeness (QED) is 0.0383. The van der Waals surface area contributed by atoms with Gasteiger partial charge in [0.15, 0.2) is 0 Å². The van der Waals surface area contributed by atoms with Crippen LogP contribution in [0.3, 0.4) is 0 Å². The van der Waals surface area contributed by atoms with E-state index in [-0.39, 0.29) is 67.6 Å². The van der Waals surface area contributed by atoms with Gasteiger partial charge in [-0.3, -0.25) is 24.2 Å². The number of nitrogens with zero attached hydrogens (tertiary/aromatic N) is 21. The van der Waals surface area contributed by atoms with Crippen molar-refractivity contribution < 1.29 is 38.1 Å². The molecule has 29 nitrogen and oxygen atoms in total. The number of benzene rings is 6. The van der Waals surface area contributed by atoms with E-state index >= 15 is 0 Å². The molecule has 666 valence electrons. The molecule has 0 N–H and O–H groups in total. The van der Waals surface area contributed by atoms with Crippen molar-refractivity contribution in [1.82, 2.24) is 59.3 Å². The molecule has 12 heterocycles. The first-order valence-corrected chi connectivity index (χ1v) is 45.1. The van der Waals surface area contributed by atoms with Gasteiger partial charge in [-0.15, -0.1) is 0 Å². The average Bonchev–Trinajstić information content (AvgIpc) is 0.816. The van der Waals surface area contributed by atoms with Crippen LogP contribution in [-0.4, -0.2) is 298 Å². The van der Waals surface area contributed by atoms with Crippen LogP contribution < -0.4 is 43.6 Å². The number of fused-ring (bicyclic) bond motifs is 6. The summed E-state index contributed by atoms with van der Waals surface area (Å²) >= 11 is 0. The second-order valence-corrected chi connectivity index (χ2v) is 34.5. The third-order valence-electron chi connectivity index (χ3n) is 27.0. The summed E-state index contributed by atoms with van der Waals surface area (Å²) in [5, 5.41) is 7.34. The lowest BCUT2D eigenvalue weighted by Crippen LogP contribution is -2.56. The van der Waals surface area contributed by atoms with Crippen molar-refractivity contribution in [1.29, 1.82) is 0 Å². The van der Waals surface area contributed by atoms with Crippen LogP contribution in [0.5, 0.6) is 18.0 Å². The van der Waals surface area contributed by atoms with Gasteiger partial charge in [-0.2, -0.15) is 29.9 Å². The summed E-state index contributed by atoms with van der Waals surface area (Å²) in [6, 6.07) is 46.2. The molecule has 128 heavy (non-hydrogen) atoms. The minimum absolute atomic E-state index is 0.126. The SMILES string of the molecule is [C-]#[N+]CC1CN(c2nc(OC[C@@H]3CCCN3CCOC)nc3c2CCN(c2cccc4ccccc24)C3)CCN1C(=O)C=C.[C-]#[N+]C[C@H]1CN(c2nc(OC[C@@H]3C[C@@H](OC)CN3C)nc3c2CCN(c2cccc4ccccc24)C3)CCN1C(=O)C=C.[C-]#[N+]C[C@H]1CN(c2nc(OC[C@H]3CCCN3C)nc3c2CCN(c2cccc4ccccc24)C3)CCN1C(=O)C=C. The average molecular weight is 1730 g/mol. The number of likely N-dealkylation sites (N-methyl/N-ethyl adjacent to an activating group) is 2. The van der Waals surface area contributed by atoms with E-state index < -0.39 is 0 Å². The van der Waals surface area contributed by atoms with Crippen molar-refractivity contribution in [3.8, 4) is 18.0 Å². The number of hydrogen-bond donors (Lipinski definition) is 0. The van der Waals surface area contributed by atoms with E-state index in [1.165, 1.54) is 74.0 Å². The van der Waals surface area contributed by atoms with Crippen molar-refractivity contribution in [2.75, 3.05) is 208 Å². The standard InChI is InChI=1S/C34H41N7O3.C33H39N7O3.C32H37N7O2/c1-4-32(42)41-18-17-40(22-27(41)21-35-2)33-29-14-16-39(31-13-7-10-25-9-5-6-12-28(25)31)23-30(29)36-34(37-33)44-24-26-11-8-15-38(26)19-20-43-3;1-5-31(41)40-16-15-39(19-25(40)18-34-2)32-28-13-14-38(30-12-8-10-23-9-6-7-11-27(23)30)21-29(28)35-33(36-32)43-22-24-17-26(42-4)20-37(24)3;1-4-30(40)39-18-17-38(20-25(39)19-33-2)31-27-14-16-37(29-13-7-10-23-9-5-6-12-26(23)29)21-28(27)34-32(35-31)41-22-24-11-8-15-36(24)3/h4-7,9-10,12-13,26-27H,1,8,11,14-24H2,3H3;5-12,24-26H,1,13-22H2,3-4H3;4-7,9-10,12-13,24-25H,1,8,11,14-22H2,3H3/t26-,27?;24-,25-,26+;24-,25+/m001/s1. The predicted molar refractivity (Wildman–Crippen MR) is 501 cm³/mol. The third-order valence-corrected chi connectivity index (χ3v) is 27.0. The van der Waals surface area contributed by atoms with Crippen LogP contribution >= 0.6 is 0 Å². The Morgan fingerprint density at radius 2 is 0.781 bits per heavy atom. The first-order chi connectivity index (χ1) is 62.6. The minimum Gasteiger partial charge on any atom is -0.462 e. The Bertz CT molecular complexity index is 5620. The van der Waals surface area contributed by atoms with Crippen LogP contribution in [0.25, 0.3) is 46.9 Å². The number of carbonyl (C=O) groups excluding carboxylic acids is 3. The Balaban J connectivity index is 0.000000141. The van der Waals surface area contributed by atoms with Crippen molar-refractivity contribution in [3.63, 3.8) is 0 Å². The highest BCUT2D eigenvalue weighted by atomic mass is 16.5. The number of likely N-dealkylation sites (tertiary alicyclic amines) is 3. The van der Waals surface area contributed by atoms with E-state index in [4.69, 9.17) is 73.3 Å². The molecule has 0 radical (unpaired) electrons. The number of rotatable bonds is 25. The van der Waals surface area contributed by atoms with Crippen LogP contribution in [-0.2, 0) is 62.8 Å².